The highest BCUT2D eigenvalue weighted by Crippen LogP contribution is 2.40. The molecule has 1 N–H and O–H groups in total. The highest BCUT2D eigenvalue weighted by Gasteiger charge is 2.27. The van der Waals surface area contributed by atoms with Gasteiger partial charge in [0.15, 0.2) is 11.5 Å². The van der Waals surface area contributed by atoms with Crippen molar-refractivity contribution in [2.24, 2.45) is 4.99 Å². The molecular formula is C29H33N3O3S. The van der Waals surface area contributed by atoms with Gasteiger partial charge in [0, 0.05) is 45.8 Å². The van der Waals surface area contributed by atoms with E-state index in [-0.39, 0.29) is 12.7 Å². The number of nitrogens with zero attached hydrogens (tertiary/aromatic N) is 2. The maximum atomic E-state index is 13.5. The van der Waals surface area contributed by atoms with Crippen molar-refractivity contribution in [1.29, 1.82) is 0 Å². The Kier molecular flexibility index (Phi) is 6.34. The minimum atomic E-state index is 0.0688. The number of ether oxygens (including phenoxy) is 2. The molecule has 2 aromatic heterocycles. The number of carbonyl (C=O) groups excluding carboxylic acids is 1. The number of rotatable bonds is 5. The van der Waals surface area contributed by atoms with Gasteiger partial charge in [0.2, 0.25) is 6.79 Å². The Labute approximate surface area is 216 Å². The summed E-state index contributed by atoms with van der Waals surface area (Å²) in [6.07, 6.45) is 12.2. The minimum absolute atomic E-state index is 0.0688. The smallest absolute Gasteiger partial charge is 0.254 e. The third-order valence-electron chi connectivity index (χ3n) is 7.73. The van der Waals surface area contributed by atoms with Crippen LogP contribution in [0.4, 0.5) is 5.00 Å². The summed E-state index contributed by atoms with van der Waals surface area (Å²) in [6, 6.07) is 8.47. The second-order valence-electron chi connectivity index (χ2n) is 10.2. The molecule has 1 amide bonds. The van der Waals surface area contributed by atoms with E-state index in [0.717, 1.165) is 76.8 Å². The van der Waals surface area contributed by atoms with E-state index >= 15 is 0 Å². The Morgan fingerprint density at radius 2 is 1.86 bits per heavy atom. The van der Waals surface area contributed by atoms with Crippen LogP contribution in [0.1, 0.15) is 82.7 Å². The molecule has 36 heavy (non-hydrogen) atoms. The highest BCUT2D eigenvalue weighted by atomic mass is 32.1. The van der Waals surface area contributed by atoms with Gasteiger partial charge >= 0.3 is 0 Å². The Morgan fingerprint density at radius 1 is 1.06 bits per heavy atom. The number of aromatic nitrogens is 1. The molecular weight excluding hydrogens is 470 g/mol. The molecule has 2 aliphatic carbocycles. The first kappa shape index (κ1) is 23.3. The largest absolute Gasteiger partial charge is 0.454 e. The van der Waals surface area contributed by atoms with Gasteiger partial charge in [-0.3, -0.25) is 4.79 Å². The Morgan fingerprint density at radius 3 is 2.72 bits per heavy atom. The van der Waals surface area contributed by atoms with Gasteiger partial charge < -0.3 is 19.4 Å². The number of nitrogens with one attached hydrogen (secondary N) is 1. The summed E-state index contributed by atoms with van der Waals surface area (Å²) >= 11 is 1.70. The lowest BCUT2D eigenvalue weighted by Gasteiger charge is -2.23. The van der Waals surface area contributed by atoms with Crippen LogP contribution in [0, 0.1) is 13.8 Å². The van der Waals surface area contributed by atoms with Crippen LogP contribution < -0.4 is 14.8 Å². The van der Waals surface area contributed by atoms with Gasteiger partial charge in [-0.1, -0.05) is 19.3 Å². The van der Waals surface area contributed by atoms with Crippen molar-refractivity contribution in [3.05, 3.63) is 57.2 Å². The number of hydrogen-bond donors (Lipinski definition) is 1. The topological polar surface area (TPSA) is 64.9 Å². The van der Waals surface area contributed by atoms with E-state index in [1.807, 2.05) is 18.3 Å². The first-order valence-electron chi connectivity index (χ1n) is 13.2. The summed E-state index contributed by atoms with van der Waals surface area (Å²) in [5.41, 5.74) is 6.36. The summed E-state index contributed by atoms with van der Waals surface area (Å²) in [7, 11) is 0. The number of amides is 1. The third kappa shape index (κ3) is 4.34. The fraction of sp³-hybridized carbons (Fsp3) is 0.448. The maximum Gasteiger partial charge on any atom is 0.254 e. The number of aryl methyl sites for hydroxylation is 2. The zero-order valence-corrected chi connectivity index (χ0v) is 21.9. The van der Waals surface area contributed by atoms with E-state index in [9.17, 15) is 4.79 Å². The average molecular weight is 504 g/mol. The van der Waals surface area contributed by atoms with E-state index < -0.39 is 0 Å². The average Bonchev–Trinajstić information content (AvgIpc) is 3.58. The van der Waals surface area contributed by atoms with Gasteiger partial charge in [0.05, 0.1) is 5.56 Å². The predicted octanol–water partition coefficient (Wildman–Crippen LogP) is 6.58. The van der Waals surface area contributed by atoms with Crippen LogP contribution >= 0.6 is 11.3 Å². The molecule has 6 rings (SSSR count). The Hall–Kier alpha value is -3.06. The van der Waals surface area contributed by atoms with Crippen LogP contribution in [0.25, 0.3) is 5.69 Å². The first-order chi connectivity index (χ1) is 17.6. The van der Waals surface area contributed by atoms with Crippen molar-refractivity contribution < 1.29 is 14.3 Å². The fourth-order valence-corrected chi connectivity index (χ4v) is 7.08. The van der Waals surface area contributed by atoms with Gasteiger partial charge in [-0.15, -0.1) is 11.3 Å². The van der Waals surface area contributed by atoms with Crippen molar-refractivity contribution in [2.75, 3.05) is 6.79 Å². The molecule has 0 atom stereocenters. The molecule has 188 valence electrons. The molecule has 3 heterocycles. The normalized spacial score (nSPS) is 17.5. The molecule has 0 spiro atoms. The Balaban J connectivity index is 1.31. The van der Waals surface area contributed by atoms with Crippen molar-refractivity contribution in [3.8, 4) is 17.2 Å². The van der Waals surface area contributed by atoms with Crippen LogP contribution in [0.5, 0.6) is 11.5 Å². The number of thiophene rings is 1. The number of benzene rings is 1. The van der Waals surface area contributed by atoms with E-state index in [4.69, 9.17) is 14.5 Å². The van der Waals surface area contributed by atoms with Crippen LogP contribution in [0.15, 0.2) is 29.3 Å². The molecule has 1 aliphatic heterocycles. The van der Waals surface area contributed by atoms with Gasteiger partial charge in [-0.25, -0.2) is 4.99 Å². The quantitative estimate of drug-likeness (QED) is 0.400. The molecule has 3 aromatic rings. The summed E-state index contributed by atoms with van der Waals surface area (Å²) in [4.78, 5) is 19.8. The highest BCUT2D eigenvalue weighted by molar-refractivity contribution is 7.16. The molecule has 1 aromatic carbocycles. The van der Waals surface area contributed by atoms with E-state index in [0.29, 0.717) is 6.04 Å². The molecule has 0 radical (unpaired) electrons. The monoisotopic (exact) mass is 503 g/mol. The van der Waals surface area contributed by atoms with Gasteiger partial charge in [0.1, 0.15) is 5.00 Å². The summed E-state index contributed by atoms with van der Waals surface area (Å²) in [5.74, 6) is 1.62. The van der Waals surface area contributed by atoms with Gasteiger partial charge in [-0.05, 0) is 76.1 Å². The summed E-state index contributed by atoms with van der Waals surface area (Å²) in [6.45, 7) is 4.47. The molecule has 1 fully saturated rings. The minimum Gasteiger partial charge on any atom is -0.454 e. The molecule has 0 saturated heterocycles. The molecule has 1 saturated carbocycles. The second kappa shape index (κ2) is 9.77. The number of aliphatic imine (C=N–C) groups is 1. The first-order valence-corrected chi connectivity index (χ1v) is 14.0. The predicted molar refractivity (Wildman–Crippen MR) is 144 cm³/mol. The molecule has 0 unspecified atom stereocenters. The standard InChI is InChI=1S/C29H33N3O3S/c1-18-14-20(19(2)32(18)22-12-13-24-25(15-22)35-17-34-24)16-30-29-27(23-10-6-7-11-26(23)36-29)28(33)31-21-8-4-3-5-9-21/h12-16,21H,3-11,17H2,1-2H3,(H,31,33). The maximum absolute atomic E-state index is 13.5. The lowest BCUT2D eigenvalue weighted by molar-refractivity contribution is 0.0927. The van der Waals surface area contributed by atoms with Crippen molar-refractivity contribution in [3.63, 3.8) is 0 Å². The molecule has 6 nitrogen and oxygen atoms in total. The van der Waals surface area contributed by atoms with E-state index in [1.165, 1.54) is 36.1 Å². The number of carbonyl (C=O) groups is 1. The second-order valence-corrected chi connectivity index (χ2v) is 11.2. The van der Waals surface area contributed by atoms with Crippen LogP contribution in [0.3, 0.4) is 0 Å². The molecule has 7 heteroatoms. The number of hydrogen-bond acceptors (Lipinski definition) is 5. The van der Waals surface area contributed by atoms with E-state index in [1.54, 1.807) is 11.3 Å². The van der Waals surface area contributed by atoms with Crippen molar-refractivity contribution in [2.45, 2.75) is 77.7 Å². The molecule has 0 bridgehead atoms. The van der Waals surface area contributed by atoms with Crippen molar-refractivity contribution in [1.82, 2.24) is 9.88 Å². The lowest BCUT2D eigenvalue weighted by Crippen LogP contribution is -2.36. The van der Waals surface area contributed by atoms with Crippen LogP contribution in [0.2, 0.25) is 0 Å². The zero-order valence-electron chi connectivity index (χ0n) is 21.1. The molecule has 3 aliphatic rings. The van der Waals surface area contributed by atoms with Gasteiger partial charge in [0.25, 0.3) is 5.91 Å². The SMILES string of the molecule is Cc1cc(C=Nc2sc3c(c2C(=O)NC2CCCCC2)CCCC3)c(C)n1-c1ccc2c(c1)OCO2. The third-order valence-corrected chi connectivity index (χ3v) is 8.93. The zero-order chi connectivity index (χ0) is 24.6. The van der Waals surface area contributed by atoms with Gasteiger partial charge in [-0.2, -0.15) is 0 Å². The van der Waals surface area contributed by atoms with Crippen LogP contribution in [-0.2, 0) is 12.8 Å². The number of fused-ring (bicyclic) bond motifs is 2. The van der Waals surface area contributed by atoms with E-state index in [2.05, 4.69) is 35.9 Å². The summed E-state index contributed by atoms with van der Waals surface area (Å²) in [5, 5.41) is 4.19. The Bertz CT molecular complexity index is 1330. The summed E-state index contributed by atoms with van der Waals surface area (Å²) < 4.78 is 13.3. The fourth-order valence-electron chi connectivity index (χ4n) is 5.85. The van der Waals surface area contributed by atoms with Crippen molar-refractivity contribution >= 4 is 28.5 Å². The van der Waals surface area contributed by atoms with Crippen LogP contribution in [-0.4, -0.2) is 29.5 Å². The lowest BCUT2D eigenvalue weighted by atomic mass is 9.93.